The standard InChI is InChI=1S/C14H26N2O2/c15-13(8-11-3-6-17-7-4-11)14-9-16-5-1-2-12(16)10-18-14/h11-14H,1-10,15H2. The molecule has 0 amide bonds. The van der Waals surface area contributed by atoms with Crippen molar-refractivity contribution in [3.63, 3.8) is 0 Å². The predicted octanol–water partition coefficient (Wildman–Crippen LogP) is 0.994. The van der Waals surface area contributed by atoms with Gasteiger partial charge in [0, 0.05) is 31.8 Å². The van der Waals surface area contributed by atoms with Gasteiger partial charge in [-0.2, -0.15) is 0 Å². The molecule has 3 aliphatic heterocycles. The number of rotatable bonds is 3. The summed E-state index contributed by atoms with van der Waals surface area (Å²) in [5, 5.41) is 0. The minimum Gasteiger partial charge on any atom is -0.381 e. The number of hydrogen-bond acceptors (Lipinski definition) is 4. The third-order valence-electron chi connectivity index (χ3n) is 4.84. The predicted molar refractivity (Wildman–Crippen MR) is 70.5 cm³/mol. The monoisotopic (exact) mass is 254 g/mol. The third-order valence-corrected chi connectivity index (χ3v) is 4.84. The number of fused-ring (bicyclic) bond motifs is 1. The summed E-state index contributed by atoms with van der Waals surface area (Å²) in [7, 11) is 0. The Labute approximate surface area is 110 Å². The molecule has 2 N–H and O–H groups in total. The van der Waals surface area contributed by atoms with Crippen molar-refractivity contribution in [3.05, 3.63) is 0 Å². The Kier molecular flexibility index (Phi) is 4.19. The van der Waals surface area contributed by atoms with E-state index in [-0.39, 0.29) is 12.1 Å². The van der Waals surface area contributed by atoms with Gasteiger partial charge in [-0.25, -0.2) is 0 Å². The van der Waals surface area contributed by atoms with Crippen molar-refractivity contribution < 1.29 is 9.47 Å². The van der Waals surface area contributed by atoms with E-state index >= 15 is 0 Å². The molecule has 3 rings (SSSR count). The largest absolute Gasteiger partial charge is 0.381 e. The van der Waals surface area contributed by atoms with Gasteiger partial charge in [-0.15, -0.1) is 0 Å². The van der Waals surface area contributed by atoms with Gasteiger partial charge in [-0.3, -0.25) is 4.90 Å². The highest BCUT2D eigenvalue weighted by Gasteiger charge is 2.35. The smallest absolute Gasteiger partial charge is 0.0853 e. The van der Waals surface area contributed by atoms with Crippen LogP contribution in [-0.4, -0.2) is 56.0 Å². The maximum atomic E-state index is 6.37. The summed E-state index contributed by atoms with van der Waals surface area (Å²) < 4.78 is 11.4. The number of nitrogens with zero attached hydrogens (tertiary/aromatic N) is 1. The molecule has 4 nitrogen and oxygen atoms in total. The first-order chi connectivity index (χ1) is 8.83. The first-order valence-corrected chi connectivity index (χ1v) is 7.52. The van der Waals surface area contributed by atoms with Crippen molar-refractivity contribution in [1.82, 2.24) is 4.90 Å². The Morgan fingerprint density at radius 2 is 2.06 bits per heavy atom. The second-order valence-corrected chi connectivity index (χ2v) is 6.12. The van der Waals surface area contributed by atoms with Gasteiger partial charge in [0.2, 0.25) is 0 Å². The van der Waals surface area contributed by atoms with Gasteiger partial charge in [-0.1, -0.05) is 0 Å². The molecule has 3 heterocycles. The molecule has 0 aromatic carbocycles. The first kappa shape index (κ1) is 12.9. The molecule has 0 aliphatic carbocycles. The molecule has 0 spiro atoms. The molecule has 3 fully saturated rings. The van der Waals surface area contributed by atoms with E-state index in [0.29, 0.717) is 6.04 Å². The summed E-state index contributed by atoms with van der Waals surface area (Å²) in [5.74, 6) is 0.744. The summed E-state index contributed by atoms with van der Waals surface area (Å²) in [5.41, 5.74) is 6.37. The molecule has 104 valence electrons. The van der Waals surface area contributed by atoms with Crippen LogP contribution in [0.25, 0.3) is 0 Å². The van der Waals surface area contributed by atoms with Gasteiger partial charge in [0.05, 0.1) is 12.7 Å². The molecule has 3 atom stereocenters. The fourth-order valence-electron chi connectivity index (χ4n) is 3.62. The number of nitrogens with two attached hydrogens (primary N) is 1. The van der Waals surface area contributed by atoms with Gasteiger partial charge in [0.25, 0.3) is 0 Å². The molecule has 3 saturated heterocycles. The van der Waals surface area contributed by atoms with Crippen LogP contribution in [0.3, 0.4) is 0 Å². The highest BCUT2D eigenvalue weighted by Crippen LogP contribution is 2.26. The zero-order valence-corrected chi connectivity index (χ0v) is 11.2. The van der Waals surface area contributed by atoms with Gasteiger partial charge < -0.3 is 15.2 Å². The lowest BCUT2D eigenvalue weighted by Crippen LogP contribution is -2.53. The molecule has 0 radical (unpaired) electrons. The van der Waals surface area contributed by atoms with Gasteiger partial charge in [0.1, 0.15) is 0 Å². The molecule has 3 unspecified atom stereocenters. The normalized spacial score (nSPS) is 36.5. The van der Waals surface area contributed by atoms with Gasteiger partial charge >= 0.3 is 0 Å². The Balaban J connectivity index is 1.48. The zero-order valence-electron chi connectivity index (χ0n) is 11.2. The molecule has 18 heavy (non-hydrogen) atoms. The fraction of sp³-hybridized carbons (Fsp3) is 1.00. The number of ether oxygens (including phenoxy) is 2. The average Bonchev–Trinajstić information content (AvgIpc) is 2.87. The lowest BCUT2D eigenvalue weighted by Gasteiger charge is -2.38. The van der Waals surface area contributed by atoms with E-state index in [1.165, 1.54) is 32.2 Å². The van der Waals surface area contributed by atoms with Crippen LogP contribution in [0.15, 0.2) is 0 Å². The average molecular weight is 254 g/mol. The summed E-state index contributed by atoms with van der Waals surface area (Å²) in [6, 6.07) is 0.881. The van der Waals surface area contributed by atoms with Crippen molar-refractivity contribution >= 4 is 0 Å². The highest BCUT2D eigenvalue weighted by atomic mass is 16.5. The summed E-state index contributed by atoms with van der Waals surface area (Å²) in [4.78, 5) is 2.58. The Hall–Kier alpha value is -0.160. The molecule has 0 aromatic rings. The van der Waals surface area contributed by atoms with Crippen LogP contribution < -0.4 is 5.73 Å². The highest BCUT2D eigenvalue weighted by molar-refractivity contribution is 4.89. The molecule has 0 bridgehead atoms. The number of morpholine rings is 1. The lowest BCUT2D eigenvalue weighted by atomic mass is 9.90. The molecule has 0 aromatic heterocycles. The maximum Gasteiger partial charge on any atom is 0.0853 e. The second-order valence-electron chi connectivity index (χ2n) is 6.12. The van der Waals surface area contributed by atoms with E-state index < -0.39 is 0 Å². The van der Waals surface area contributed by atoms with Gasteiger partial charge in [-0.05, 0) is 44.6 Å². The van der Waals surface area contributed by atoms with E-state index in [4.69, 9.17) is 15.2 Å². The molecular weight excluding hydrogens is 228 g/mol. The lowest BCUT2D eigenvalue weighted by molar-refractivity contribution is -0.0639. The topological polar surface area (TPSA) is 47.7 Å². The van der Waals surface area contributed by atoms with Crippen LogP contribution in [0.4, 0.5) is 0 Å². The zero-order chi connectivity index (χ0) is 12.4. The van der Waals surface area contributed by atoms with Crippen LogP contribution in [0.5, 0.6) is 0 Å². The summed E-state index contributed by atoms with van der Waals surface area (Å²) in [6.07, 6.45) is 6.34. The van der Waals surface area contributed by atoms with Gasteiger partial charge in [0.15, 0.2) is 0 Å². The van der Waals surface area contributed by atoms with E-state index in [9.17, 15) is 0 Å². The Morgan fingerprint density at radius 3 is 2.89 bits per heavy atom. The summed E-state index contributed by atoms with van der Waals surface area (Å²) in [6.45, 7) is 5.02. The number of hydrogen-bond donors (Lipinski definition) is 1. The van der Waals surface area contributed by atoms with Crippen LogP contribution in [0, 0.1) is 5.92 Å². The van der Waals surface area contributed by atoms with Crippen molar-refractivity contribution in [2.24, 2.45) is 11.7 Å². The van der Waals surface area contributed by atoms with Crippen LogP contribution in [0.2, 0.25) is 0 Å². The first-order valence-electron chi connectivity index (χ1n) is 7.52. The SMILES string of the molecule is NC(CC1CCOCC1)C1CN2CCCC2CO1. The van der Waals surface area contributed by atoms with E-state index in [0.717, 1.165) is 38.7 Å². The molecule has 0 saturated carbocycles. The van der Waals surface area contributed by atoms with E-state index in [1.807, 2.05) is 0 Å². The maximum absolute atomic E-state index is 6.37. The fourth-order valence-corrected chi connectivity index (χ4v) is 3.62. The van der Waals surface area contributed by atoms with Crippen molar-refractivity contribution in [2.45, 2.75) is 50.3 Å². The summed E-state index contributed by atoms with van der Waals surface area (Å²) >= 11 is 0. The van der Waals surface area contributed by atoms with E-state index in [2.05, 4.69) is 4.90 Å². The molecular formula is C14H26N2O2. The minimum absolute atomic E-state index is 0.203. The van der Waals surface area contributed by atoms with Crippen molar-refractivity contribution in [2.75, 3.05) is 32.9 Å². The van der Waals surface area contributed by atoms with Crippen molar-refractivity contribution in [3.8, 4) is 0 Å². The Morgan fingerprint density at radius 1 is 1.22 bits per heavy atom. The third kappa shape index (κ3) is 2.87. The van der Waals surface area contributed by atoms with E-state index in [1.54, 1.807) is 0 Å². The molecule has 4 heteroatoms. The minimum atomic E-state index is 0.203. The van der Waals surface area contributed by atoms with Crippen LogP contribution in [0.1, 0.15) is 32.1 Å². The van der Waals surface area contributed by atoms with Crippen molar-refractivity contribution in [1.29, 1.82) is 0 Å². The van der Waals surface area contributed by atoms with Crippen LogP contribution >= 0.6 is 0 Å². The second kappa shape index (κ2) is 5.87. The quantitative estimate of drug-likeness (QED) is 0.816. The molecule has 3 aliphatic rings. The Bertz CT molecular complexity index is 269. The van der Waals surface area contributed by atoms with Crippen LogP contribution in [-0.2, 0) is 9.47 Å².